The fourth-order valence-electron chi connectivity index (χ4n) is 1.29. The molecule has 21 heavy (non-hydrogen) atoms. The lowest BCUT2D eigenvalue weighted by Gasteiger charge is -2.12. The Bertz CT molecular complexity index is 593. The molecule has 0 saturated carbocycles. The number of aromatic carboxylic acids is 1. The summed E-state index contributed by atoms with van der Waals surface area (Å²) in [5, 5.41) is 21.8. The second-order valence-electron chi connectivity index (χ2n) is 3.90. The van der Waals surface area contributed by atoms with Gasteiger partial charge in [0.1, 0.15) is 6.04 Å². The molecule has 1 aromatic rings. The number of benzene rings is 1. The summed E-state index contributed by atoms with van der Waals surface area (Å²) in [4.78, 5) is 33.0. The van der Waals surface area contributed by atoms with E-state index in [2.05, 4.69) is 10.6 Å². The van der Waals surface area contributed by atoms with E-state index >= 15 is 0 Å². The molecule has 8 nitrogen and oxygen atoms in total. The number of rotatable bonds is 5. The molecule has 0 aromatic heterocycles. The van der Waals surface area contributed by atoms with Gasteiger partial charge in [-0.1, -0.05) is 23.2 Å². The molecule has 114 valence electrons. The van der Waals surface area contributed by atoms with Crippen LogP contribution in [0, 0.1) is 0 Å². The number of urea groups is 1. The van der Waals surface area contributed by atoms with Crippen molar-refractivity contribution in [2.24, 2.45) is 5.73 Å². The van der Waals surface area contributed by atoms with Gasteiger partial charge < -0.3 is 26.6 Å². The van der Waals surface area contributed by atoms with Crippen molar-refractivity contribution in [1.82, 2.24) is 5.32 Å². The summed E-state index contributed by atoms with van der Waals surface area (Å²) in [6, 6.07) is 0.329. The molecule has 0 radical (unpaired) electrons. The van der Waals surface area contributed by atoms with Gasteiger partial charge in [0.15, 0.2) is 0 Å². The summed E-state index contributed by atoms with van der Waals surface area (Å²) in [5.41, 5.74) is 4.91. The van der Waals surface area contributed by atoms with E-state index in [1.165, 1.54) is 6.07 Å². The number of nitrogens with one attached hydrogen (secondary N) is 2. The summed E-state index contributed by atoms with van der Waals surface area (Å²) in [6.07, 6.45) is 0. The van der Waals surface area contributed by atoms with Crippen molar-refractivity contribution in [2.75, 3.05) is 11.9 Å². The molecule has 0 spiro atoms. The number of carbonyl (C=O) groups is 3. The van der Waals surface area contributed by atoms with Crippen LogP contribution < -0.4 is 16.4 Å². The SMILES string of the molecule is N[C@@H](CNC(=O)Nc1cc(Cl)cc(C(=O)O)c1Cl)C(=O)O. The minimum Gasteiger partial charge on any atom is -0.480 e. The quantitative estimate of drug-likeness (QED) is 0.547. The van der Waals surface area contributed by atoms with Crippen molar-refractivity contribution in [2.45, 2.75) is 6.04 Å². The number of halogens is 2. The second kappa shape index (κ2) is 7.11. The third-order valence-corrected chi connectivity index (χ3v) is 2.94. The Morgan fingerprint density at radius 3 is 2.38 bits per heavy atom. The van der Waals surface area contributed by atoms with Crippen molar-refractivity contribution in [3.8, 4) is 0 Å². The summed E-state index contributed by atoms with van der Waals surface area (Å²) in [7, 11) is 0. The van der Waals surface area contributed by atoms with Gasteiger partial charge in [-0.25, -0.2) is 9.59 Å². The lowest BCUT2D eigenvalue weighted by molar-refractivity contribution is -0.138. The minimum atomic E-state index is -1.31. The summed E-state index contributed by atoms with van der Waals surface area (Å²) in [5.74, 6) is -2.58. The molecule has 0 aliphatic rings. The number of amides is 2. The fourth-order valence-corrected chi connectivity index (χ4v) is 1.75. The first kappa shape index (κ1) is 17.0. The molecule has 0 heterocycles. The smallest absolute Gasteiger partial charge is 0.337 e. The number of carbonyl (C=O) groups excluding carboxylic acids is 1. The number of nitrogens with two attached hydrogens (primary N) is 1. The van der Waals surface area contributed by atoms with Gasteiger partial charge in [-0.2, -0.15) is 0 Å². The van der Waals surface area contributed by atoms with Crippen LogP contribution in [0.3, 0.4) is 0 Å². The third-order valence-electron chi connectivity index (χ3n) is 2.32. The Morgan fingerprint density at radius 2 is 1.86 bits per heavy atom. The molecule has 1 atom stereocenters. The Balaban J connectivity index is 2.81. The minimum absolute atomic E-state index is 0.0250. The lowest BCUT2D eigenvalue weighted by atomic mass is 10.2. The first-order chi connectivity index (χ1) is 9.72. The molecule has 2 amide bonds. The monoisotopic (exact) mass is 335 g/mol. The van der Waals surface area contributed by atoms with Crippen LogP contribution in [0.2, 0.25) is 10.0 Å². The van der Waals surface area contributed by atoms with Crippen LogP contribution in [0.1, 0.15) is 10.4 Å². The lowest BCUT2D eigenvalue weighted by Crippen LogP contribution is -2.43. The Hall–Kier alpha value is -2.03. The maximum atomic E-state index is 11.6. The highest BCUT2D eigenvalue weighted by atomic mass is 35.5. The van der Waals surface area contributed by atoms with E-state index in [4.69, 9.17) is 39.1 Å². The highest BCUT2D eigenvalue weighted by Crippen LogP contribution is 2.30. The zero-order valence-electron chi connectivity index (χ0n) is 10.4. The van der Waals surface area contributed by atoms with Gasteiger partial charge in [-0.15, -0.1) is 0 Å². The zero-order chi connectivity index (χ0) is 16.2. The molecule has 0 saturated heterocycles. The first-order valence-electron chi connectivity index (χ1n) is 5.48. The van der Waals surface area contributed by atoms with Crippen LogP contribution in [0.4, 0.5) is 10.5 Å². The Labute approximate surface area is 128 Å². The molecule has 0 aliphatic heterocycles. The molecular formula is C11H11Cl2N3O5. The van der Waals surface area contributed by atoms with E-state index < -0.39 is 24.0 Å². The van der Waals surface area contributed by atoms with Crippen molar-refractivity contribution in [3.05, 3.63) is 27.7 Å². The molecule has 1 aromatic carbocycles. The molecule has 0 unspecified atom stereocenters. The van der Waals surface area contributed by atoms with Crippen LogP contribution in [0.5, 0.6) is 0 Å². The van der Waals surface area contributed by atoms with E-state index in [1.807, 2.05) is 0 Å². The van der Waals surface area contributed by atoms with Gasteiger partial charge >= 0.3 is 18.0 Å². The largest absolute Gasteiger partial charge is 0.480 e. The predicted octanol–water partition coefficient (Wildman–Crippen LogP) is 1.23. The van der Waals surface area contributed by atoms with Crippen LogP contribution >= 0.6 is 23.2 Å². The van der Waals surface area contributed by atoms with E-state index in [9.17, 15) is 14.4 Å². The molecular weight excluding hydrogens is 325 g/mol. The maximum Gasteiger partial charge on any atom is 0.337 e. The molecule has 1 rings (SSSR count). The van der Waals surface area contributed by atoms with Crippen LogP contribution in [-0.2, 0) is 4.79 Å². The normalized spacial score (nSPS) is 11.6. The Morgan fingerprint density at radius 1 is 1.24 bits per heavy atom. The molecule has 10 heteroatoms. The van der Waals surface area contributed by atoms with Gasteiger partial charge in [0, 0.05) is 11.6 Å². The van der Waals surface area contributed by atoms with Gasteiger partial charge in [-0.05, 0) is 12.1 Å². The topological polar surface area (TPSA) is 142 Å². The average molecular weight is 336 g/mol. The number of anilines is 1. The van der Waals surface area contributed by atoms with E-state index in [0.29, 0.717) is 0 Å². The average Bonchev–Trinajstić information content (AvgIpc) is 2.39. The van der Waals surface area contributed by atoms with Crippen LogP contribution in [0.15, 0.2) is 12.1 Å². The number of carboxylic acids is 2. The van der Waals surface area contributed by atoms with Gasteiger partial charge in [0.05, 0.1) is 16.3 Å². The van der Waals surface area contributed by atoms with Gasteiger partial charge in [-0.3, -0.25) is 4.79 Å². The third kappa shape index (κ3) is 4.78. The summed E-state index contributed by atoms with van der Waals surface area (Å²) >= 11 is 11.6. The zero-order valence-corrected chi connectivity index (χ0v) is 11.9. The van der Waals surface area contributed by atoms with Crippen molar-refractivity contribution in [1.29, 1.82) is 0 Å². The standard InChI is InChI=1S/C11H11Cl2N3O5/c12-4-1-5(9(17)18)8(13)7(2-4)16-11(21)15-3-6(14)10(19)20/h1-2,6H,3,14H2,(H,17,18)(H,19,20)(H2,15,16,21)/t6-/m0/s1. The van der Waals surface area contributed by atoms with Gasteiger partial charge in [0.2, 0.25) is 0 Å². The van der Waals surface area contributed by atoms with E-state index in [-0.39, 0.29) is 27.8 Å². The fraction of sp³-hybridized carbons (Fsp3) is 0.182. The second-order valence-corrected chi connectivity index (χ2v) is 4.71. The van der Waals surface area contributed by atoms with Crippen molar-refractivity contribution < 1.29 is 24.6 Å². The number of carboxylic acid groups (broad SMARTS) is 2. The van der Waals surface area contributed by atoms with Crippen molar-refractivity contribution in [3.63, 3.8) is 0 Å². The van der Waals surface area contributed by atoms with E-state index in [0.717, 1.165) is 6.07 Å². The molecule has 6 N–H and O–H groups in total. The van der Waals surface area contributed by atoms with Crippen LogP contribution in [-0.4, -0.2) is 40.8 Å². The highest BCUT2D eigenvalue weighted by molar-refractivity contribution is 6.38. The number of hydrogen-bond donors (Lipinski definition) is 5. The summed E-state index contributed by atoms with van der Waals surface area (Å²) in [6.45, 7) is -0.314. The Kier molecular flexibility index (Phi) is 5.77. The van der Waals surface area contributed by atoms with Gasteiger partial charge in [0.25, 0.3) is 0 Å². The molecule has 0 bridgehead atoms. The van der Waals surface area contributed by atoms with Crippen molar-refractivity contribution >= 4 is 46.9 Å². The highest BCUT2D eigenvalue weighted by Gasteiger charge is 2.17. The molecule has 0 aliphatic carbocycles. The molecule has 0 fully saturated rings. The van der Waals surface area contributed by atoms with E-state index in [1.54, 1.807) is 0 Å². The number of aliphatic carboxylic acids is 1. The summed E-state index contributed by atoms with van der Waals surface area (Å²) < 4.78 is 0. The maximum absolute atomic E-state index is 11.6. The number of hydrogen-bond acceptors (Lipinski definition) is 4. The van der Waals surface area contributed by atoms with Crippen LogP contribution in [0.25, 0.3) is 0 Å². The first-order valence-corrected chi connectivity index (χ1v) is 6.23. The predicted molar refractivity (Wildman–Crippen MR) is 76.1 cm³/mol.